The van der Waals surface area contributed by atoms with Crippen LogP contribution in [-0.4, -0.2) is 0 Å². The number of hydrogen-bond acceptors (Lipinski definition) is 1. The summed E-state index contributed by atoms with van der Waals surface area (Å²) in [5.74, 6) is -1.39. The van der Waals surface area contributed by atoms with Crippen LogP contribution in [-0.2, 0) is 0 Å². The average Bonchev–Trinajstić information content (AvgIpc) is 2.39. The molecule has 0 saturated heterocycles. The molecule has 1 nitrogen and oxygen atoms in total. The number of allylic oxidation sites excluding steroid dienone is 5. The third-order valence-corrected chi connectivity index (χ3v) is 2.70. The minimum absolute atomic E-state index is 0.0560. The molecule has 1 aromatic carbocycles. The molecule has 0 unspecified atom stereocenters. The summed E-state index contributed by atoms with van der Waals surface area (Å²) in [6.07, 6.45) is 2.39. The molecule has 0 aliphatic rings. The summed E-state index contributed by atoms with van der Waals surface area (Å²) < 4.78 is 27.2. The molecule has 0 amide bonds. The lowest BCUT2D eigenvalue weighted by Gasteiger charge is -2.09. The molecule has 0 N–H and O–H groups in total. The van der Waals surface area contributed by atoms with E-state index in [4.69, 9.17) is 16.9 Å². The second-order valence-corrected chi connectivity index (χ2v) is 3.72. The molecule has 0 saturated carbocycles. The van der Waals surface area contributed by atoms with Crippen molar-refractivity contribution >= 4 is 17.2 Å². The lowest BCUT2D eigenvalue weighted by molar-refractivity contribution is 0.627. The number of nitrogens with zero attached hydrogens (tertiary/aromatic N) is 1. The highest BCUT2D eigenvalue weighted by Crippen LogP contribution is 2.33. The highest BCUT2D eigenvalue weighted by atomic mass is 35.5. The van der Waals surface area contributed by atoms with Gasteiger partial charge in [0.05, 0.1) is 16.7 Å². The molecule has 1 rings (SSSR count). The molecule has 0 aromatic heterocycles. The number of nitriles is 1. The van der Waals surface area contributed by atoms with E-state index in [9.17, 15) is 8.78 Å². The molecule has 92 valence electrons. The van der Waals surface area contributed by atoms with Gasteiger partial charge < -0.3 is 0 Å². The van der Waals surface area contributed by atoms with E-state index < -0.39 is 11.6 Å². The van der Waals surface area contributed by atoms with Gasteiger partial charge in [0, 0.05) is 11.1 Å². The largest absolute Gasteiger partial charge is 0.206 e. The van der Waals surface area contributed by atoms with Gasteiger partial charge >= 0.3 is 0 Å². The van der Waals surface area contributed by atoms with Crippen molar-refractivity contribution in [2.75, 3.05) is 0 Å². The van der Waals surface area contributed by atoms with Crippen LogP contribution in [0, 0.1) is 17.1 Å². The number of hydrogen-bond donors (Lipinski definition) is 0. The lowest BCUT2D eigenvalue weighted by Crippen LogP contribution is -1.94. The van der Waals surface area contributed by atoms with E-state index in [1.807, 2.05) is 6.07 Å². The van der Waals surface area contributed by atoms with E-state index >= 15 is 0 Å². The standard InChI is InChI=1S/C14H10ClF2N/c1-3-9(8-18)13(11(16)4-2)10-6-5-7-12(17)14(10)15/h3-7H,2H2,1H3/b9-3-,13-11-. The van der Waals surface area contributed by atoms with Crippen LogP contribution in [0.2, 0.25) is 5.02 Å². The fourth-order valence-electron chi connectivity index (χ4n) is 1.47. The summed E-state index contributed by atoms with van der Waals surface area (Å²) in [4.78, 5) is 0. The first kappa shape index (κ1) is 14.1. The fraction of sp³-hybridized carbons (Fsp3) is 0.0714. The Bertz CT molecular complexity index is 580. The molecular weight excluding hydrogens is 256 g/mol. The molecule has 0 spiro atoms. The second-order valence-electron chi connectivity index (χ2n) is 3.34. The van der Waals surface area contributed by atoms with Crippen molar-refractivity contribution in [2.45, 2.75) is 6.92 Å². The van der Waals surface area contributed by atoms with Crippen LogP contribution in [0.4, 0.5) is 8.78 Å². The zero-order valence-corrected chi connectivity index (χ0v) is 10.4. The molecule has 0 bridgehead atoms. The molecule has 1 aromatic rings. The van der Waals surface area contributed by atoms with Crippen molar-refractivity contribution in [2.24, 2.45) is 0 Å². The highest BCUT2D eigenvalue weighted by molar-refractivity contribution is 6.32. The van der Waals surface area contributed by atoms with Gasteiger partial charge in [0.1, 0.15) is 11.6 Å². The van der Waals surface area contributed by atoms with Crippen molar-refractivity contribution in [3.05, 3.63) is 64.7 Å². The summed E-state index contributed by atoms with van der Waals surface area (Å²) >= 11 is 5.80. The second kappa shape index (κ2) is 6.13. The Labute approximate surface area is 109 Å². The summed E-state index contributed by atoms with van der Waals surface area (Å²) in [6.45, 7) is 4.89. The molecule has 0 radical (unpaired) electrons. The van der Waals surface area contributed by atoms with Crippen LogP contribution in [0.25, 0.3) is 5.57 Å². The molecule has 0 aliphatic carbocycles. The van der Waals surface area contributed by atoms with Gasteiger partial charge in [-0.05, 0) is 19.1 Å². The van der Waals surface area contributed by atoms with E-state index in [-0.39, 0.29) is 21.7 Å². The maximum atomic E-state index is 13.8. The van der Waals surface area contributed by atoms with Crippen molar-refractivity contribution in [3.8, 4) is 6.07 Å². The Morgan fingerprint density at radius 3 is 2.67 bits per heavy atom. The molecule has 18 heavy (non-hydrogen) atoms. The van der Waals surface area contributed by atoms with E-state index in [0.717, 1.165) is 12.1 Å². The number of rotatable bonds is 3. The first-order valence-corrected chi connectivity index (χ1v) is 5.48. The Balaban J connectivity index is 3.63. The first-order chi connectivity index (χ1) is 8.56. The Kier molecular flexibility index (Phi) is 4.82. The van der Waals surface area contributed by atoms with E-state index in [1.54, 1.807) is 6.92 Å². The van der Waals surface area contributed by atoms with Gasteiger partial charge in [-0.3, -0.25) is 0 Å². The van der Waals surface area contributed by atoms with E-state index in [1.165, 1.54) is 18.2 Å². The van der Waals surface area contributed by atoms with Crippen molar-refractivity contribution < 1.29 is 8.78 Å². The van der Waals surface area contributed by atoms with Crippen molar-refractivity contribution in [3.63, 3.8) is 0 Å². The van der Waals surface area contributed by atoms with Crippen LogP contribution < -0.4 is 0 Å². The van der Waals surface area contributed by atoms with Crippen LogP contribution >= 0.6 is 11.6 Å². The van der Waals surface area contributed by atoms with Gasteiger partial charge in [0.25, 0.3) is 0 Å². The molecule has 0 heterocycles. The predicted octanol–water partition coefficient (Wildman–Crippen LogP) is 4.82. The van der Waals surface area contributed by atoms with E-state index in [2.05, 4.69) is 6.58 Å². The quantitative estimate of drug-likeness (QED) is 0.568. The summed E-state index contributed by atoms with van der Waals surface area (Å²) in [7, 11) is 0. The number of halogens is 3. The van der Waals surface area contributed by atoms with Gasteiger partial charge in [-0.25, -0.2) is 8.78 Å². The first-order valence-electron chi connectivity index (χ1n) is 5.10. The SMILES string of the molecule is C=C/C(F)=C(\C(C#N)=C/C)c1cccc(F)c1Cl. The zero-order chi connectivity index (χ0) is 13.7. The van der Waals surface area contributed by atoms with Gasteiger partial charge in [-0.2, -0.15) is 5.26 Å². The monoisotopic (exact) mass is 265 g/mol. The third kappa shape index (κ3) is 2.66. The Morgan fingerprint density at radius 1 is 1.50 bits per heavy atom. The summed E-state index contributed by atoms with van der Waals surface area (Å²) in [5.41, 5.74) is 0.142. The molecule has 4 heteroatoms. The van der Waals surface area contributed by atoms with Crippen LogP contribution in [0.3, 0.4) is 0 Å². The smallest absolute Gasteiger partial charge is 0.142 e. The van der Waals surface area contributed by atoms with E-state index in [0.29, 0.717) is 0 Å². The van der Waals surface area contributed by atoms with Gasteiger partial charge in [0.15, 0.2) is 0 Å². The highest BCUT2D eigenvalue weighted by Gasteiger charge is 2.17. The lowest BCUT2D eigenvalue weighted by atomic mass is 9.97. The summed E-state index contributed by atoms with van der Waals surface area (Å²) in [6, 6.07) is 5.86. The normalized spacial score (nSPS) is 12.7. The number of benzene rings is 1. The molecule has 0 atom stereocenters. The van der Waals surface area contributed by atoms with Gasteiger partial charge in [0.2, 0.25) is 0 Å². The van der Waals surface area contributed by atoms with Crippen molar-refractivity contribution in [1.82, 2.24) is 0 Å². The maximum Gasteiger partial charge on any atom is 0.142 e. The fourth-order valence-corrected chi connectivity index (χ4v) is 1.69. The zero-order valence-electron chi connectivity index (χ0n) is 9.67. The third-order valence-electron chi connectivity index (χ3n) is 2.32. The Morgan fingerprint density at radius 2 is 2.17 bits per heavy atom. The Hall–Kier alpha value is -1.92. The van der Waals surface area contributed by atoms with Crippen LogP contribution in [0.5, 0.6) is 0 Å². The van der Waals surface area contributed by atoms with Crippen LogP contribution in [0.15, 0.2) is 48.3 Å². The van der Waals surface area contributed by atoms with Crippen molar-refractivity contribution in [1.29, 1.82) is 5.26 Å². The molecule has 0 fully saturated rings. The van der Waals surface area contributed by atoms with Gasteiger partial charge in [-0.1, -0.05) is 36.4 Å². The minimum atomic E-state index is -0.725. The molecular formula is C14H10ClF2N. The predicted molar refractivity (Wildman–Crippen MR) is 69.0 cm³/mol. The topological polar surface area (TPSA) is 23.8 Å². The minimum Gasteiger partial charge on any atom is -0.206 e. The maximum absolute atomic E-state index is 13.8. The average molecular weight is 266 g/mol. The summed E-state index contributed by atoms with van der Waals surface area (Å²) in [5, 5.41) is 8.75. The molecule has 0 aliphatic heterocycles. The van der Waals surface area contributed by atoms with Crippen LogP contribution in [0.1, 0.15) is 12.5 Å². The van der Waals surface area contributed by atoms with Gasteiger partial charge in [-0.15, -0.1) is 0 Å².